The molecule has 0 bridgehead atoms. The maximum atomic E-state index is 4.13. The average molecular weight is 221 g/mol. The van der Waals surface area contributed by atoms with Crippen molar-refractivity contribution in [3.8, 4) is 0 Å². The van der Waals surface area contributed by atoms with E-state index in [2.05, 4.69) is 49.5 Å². The second-order valence-corrected chi connectivity index (χ2v) is 5.16. The first kappa shape index (κ1) is 13.0. The van der Waals surface area contributed by atoms with Crippen LogP contribution in [0.3, 0.4) is 0 Å². The molecule has 0 aliphatic heterocycles. The molecule has 1 rings (SSSR count). The summed E-state index contributed by atoms with van der Waals surface area (Å²) >= 11 is 0. The number of nitrogens with zero attached hydrogens (tertiary/aromatic N) is 2. The van der Waals surface area contributed by atoms with Gasteiger partial charge in [-0.2, -0.15) is 5.10 Å². The molecule has 0 saturated carbocycles. The molecule has 0 spiro atoms. The van der Waals surface area contributed by atoms with Gasteiger partial charge in [0.15, 0.2) is 0 Å². The second-order valence-electron chi connectivity index (χ2n) is 5.16. The molecule has 0 radical (unpaired) electrons. The van der Waals surface area contributed by atoms with Gasteiger partial charge < -0.3 is 5.32 Å². The Morgan fingerprint density at radius 2 is 2.12 bits per heavy atom. The SMILES string of the molecule is Cn1cc(CC=CCCNC(C)(C)C)cn1. The molecular formula is C13H23N3. The molecule has 1 heterocycles. The smallest absolute Gasteiger partial charge is 0.0524 e. The van der Waals surface area contributed by atoms with Crippen LogP contribution in [-0.4, -0.2) is 21.9 Å². The second kappa shape index (κ2) is 5.85. The van der Waals surface area contributed by atoms with Crippen LogP contribution in [0.25, 0.3) is 0 Å². The lowest BCUT2D eigenvalue weighted by Crippen LogP contribution is -2.36. The minimum absolute atomic E-state index is 0.219. The molecule has 0 aliphatic rings. The van der Waals surface area contributed by atoms with Crippen LogP contribution in [0.4, 0.5) is 0 Å². The van der Waals surface area contributed by atoms with Crippen molar-refractivity contribution in [2.75, 3.05) is 6.54 Å². The Kier molecular flexibility index (Phi) is 4.74. The van der Waals surface area contributed by atoms with Crippen molar-refractivity contribution in [2.24, 2.45) is 7.05 Å². The first-order valence-corrected chi connectivity index (χ1v) is 5.85. The highest BCUT2D eigenvalue weighted by atomic mass is 15.2. The monoisotopic (exact) mass is 221 g/mol. The zero-order valence-electron chi connectivity index (χ0n) is 10.8. The Hall–Kier alpha value is -1.09. The van der Waals surface area contributed by atoms with E-state index in [4.69, 9.17) is 0 Å². The molecular weight excluding hydrogens is 198 g/mol. The topological polar surface area (TPSA) is 29.9 Å². The third-order valence-corrected chi connectivity index (χ3v) is 2.24. The Bertz CT molecular complexity index is 331. The van der Waals surface area contributed by atoms with Gasteiger partial charge in [0, 0.05) is 18.8 Å². The summed E-state index contributed by atoms with van der Waals surface area (Å²) in [7, 11) is 1.94. The number of hydrogen-bond donors (Lipinski definition) is 1. The van der Waals surface area contributed by atoms with E-state index in [1.165, 1.54) is 5.56 Å². The van der Waals surface area contributed by atoms with E-state index in [1.54, 1.807) is 0 Å². The number of allylic oxidation sites excluding steroid dienone is 1. The molecule has 0 atom stereocenters. The van der Waals surface area contributed by atoms with Gasteiger partial charge in [0.05, 0.1) is 6.20 Å². The van der Waals surface area contributed by atoms with Crippen LogP contribution in [0, 0.1) is 0 Å². The van der Waals surface area contributed by atoms with Crippen LogP contribution in [-0.2, 0) is 13.5 Å². The first-order valence-electron chi connectivity index (χ1n) is 5.85. The van der Waals surface area contributed by atoms with Gasteiger partial charge in [-0.25, -0.2) is 0 Å². The van der Waals surface area contributed by atoms with Gasteiger partial charge in [-0.15, -0.1) is 0 Å². The standard InChI is InChI=1S/C13H23N3/c1-13(2,3)14-9-7-5-6-8-12-10-15-16(4)11-12/h5-6,10-11,14H,7-9H2,1-4H3. The first-order chi connectivity index (χ1) is 7.47. The molecule has 1 aromatic rings. The summed E-state index contributed by atoms with van der Waals surface area (Å²) in [6.45, 7) is 7.60. The highest BCUT2D eigenvalue weighted by Gasteiger charge is 2.06. The maximum absolute atomic E-state index is 4.13. The summed E-state index contributed by atoms with van der Waals surface area (Å²) in [6, 6.07) is 0. The van der Waals surface area contributed by atoms with Crippen LogP contribution in [0.2, 0.25) is 0 Å². The molecule has 1 N–H and O–H groups in total. The van der Waals surface area contributed by atoms with Gasteiger partial charge >= 0.3 is 0 Å². The normalized spacial score (nSPS) is 12.5. The highest BCUT2D eigenvalue weighted by molar-refractivity contribution is 5.08. The summed E-state index contributed by atoms with van der Waals surface area (Å²) < 4.78 is 1.84. The zero-order valence-corrected chi connectivity index (χ0v) is 10.8. The largest absolute Gasteiger partial charge is 0.312 e. The van der Waals surface area contributed by atoms with Gasteiger partial charge in [-0.05, 0) is 45.7 Å². The van der Waals surface area contributed by atoms with E-state index in [-0.39, 0.29) is 5.54 Å². The number of aryl methyl sites for hydroxylation is 1. The van der Waals surface area contributed by atoms with Crippen LogP contribution in [0.1, 0.15) is 32.8 Å². The van der Waals surface area contributed by atoms with Crippen molar-refractivity contribution in [1.29, 1.82) is 0 Å². The van der Waals surface area contributed by atoms with Gasteiger partial charge in [-0.1, -0.05) is 12.2 Å². The molecule has 16 heavy (non-hydrogen) atoms. The highest BCUT2D eigenvalue weighted by Crippen LogP contribution is 2.00. The van der Waals surface area contributed by atoms with E-state index in [1.807, 2.05) is 17.9 Å². The molecule has 0 amide bonds. The zero-order chi connectivity index (χ0) is 12.0. The summed E-state index contributed by atoms with van der Waals surface area (Å²) in [4.78, 5) is 0. The molecule has 0 fully saturated rings. The van der Waals surface area contributed by atoms with Crippen molar-refractivity contribution in [2.45, 2.75) is 39.2 Å². The van der Waals surface area contributed by atoms with E-state index in [0.29, 0.717) is 0 Å². The van der Waals surface area contributed by atoms with E-state index >= 15 is 0 Å². The van der Waals surface area contributed by atoms with Crippen LogP contribution < -0.4 is 5.32 Å². The molecule has 1 aromatic heterocycles. The fourth-order valence-corrected chi connectivity index (χ4v) is 1.45. The third-order valence-electron chi connectivity index (χ3n) is 2.24. The van der Waals surface area contributed by atoms with Gasteiger partial charge in [0.25, 0.3) is 0 Å². The Morgan fingerprint density at radius 3 is 2.69 bits per heavy atom. The van der Waals surface area contributed by atoms with Crippen molar-refractivity contribution in [3.63, 3.8) is 0 Å². The van der Waals surface area contributed by atoms with Crippen molar-refractivity contribution >= 4 is 0 Å². The van der Waals surface area contributed by atoms with Crippen LogP contribution in [0.5, 0.6) is 0 Å². The van der Waals surface area contributed by atoms with E-state index in [0.717, 1.165) is 19.4 Å². The number of nitrogens with one attached hydrogen (secondary N) is 1. The summed E-state index contributed by atoms with van der Waals surface area (Å²) in [6.07, 6.45) is 10.5. The summed E-state index contributed by atoms with van der Waals surface area (Å²) in [5.41, 5.74) is 1.49. The third kappa shape index (κ3) is 5.71. The minimum atomic E-state index is 0.219. The Labute approximate surface area is 98.5 Å². The van der Waals surface area contributed by atoms with Crippen molar-refractivity contribution in [1.82, 2.24) is 15.1 Å². The quantitative estimate of drug-likeness (QED) is 0.611. The predicted octanol–water partition coefficient (Wildman–Crippen LogP) is 2.30. The molecule has 3 nitrogen and oxygen atoms in total. The van der Waals surface area contributed by atoms with Gasteiger partial charge in [-0.3, -0.25) is 4.68 Å². The number of rotatable bonds is 5. The van der Waals surface area contributed by atoms with Gasteiger partial charge in [0.2, 0.25) is 0 Å². The molecule has 0 aliphatic carbocycles. The maximum Gasteiger partial charge on any atom is 0.0524 e. The molecule has 0 aromatic carbocycles. The fraction of sp³-hybridized carbons (Fsp3) is 0.615. The fourth-order valence-electron chi connectivity index (χ4n) is 1.45. The molecule has 90 valence electrons. The molecule has 0 saturated heterocycles. The minimum Gasteiger partial charge on any atom is -0.312 e. The number of hydrogen-bond acceptors (Lipinski definition) is 2. The lowest BCUT2D eigenvalue weighted by Gasteiger charge is -2.19. The Balaban J connectivity index is 2.14. The van der Waals surface area contributed by atoms with E-state index < -0.39 is 0 Å². The predicted molar refractivity (Wildman–Crippen MR) is 68.4 cm³/mol. The van der Waals surface area contributed by atoms with E-state index in [9.17, 15) is 0 Å². The lowest BCUT2D eigenvalue weighted by molar-refractivity contribution is 0.431. The summed E-state index contributed by atoms with van der Waals surface area (Å²) in [5.74, 6) is 0. The average Bonchev–Trinajstić information content (AvgIpc) is 2.56. The molecule has 0 unspecified atom stereocenters. The Morgan fingerprint density at radius 1 is 1.38 bits per heavy atom. The van der Waals surface area contributed by atoms with Crippen LogP contribution in [0.15, 0.2) is 24.5 Å². The molecule has 3 heteroatoms. The lowest BCUT2D eigenvalue weighted by atomic mass is 10.1. The van der Waals surface area contributed by atoms with Gasteiger partial charge in [0.1, 0.15) is 0 Å². The van der Waals surface area contributed by atoms with Crippen LogP contribution >= 0.6 is 0 Å². The number of aromatic nitrogens is 2. The van der Waals surface area contributed by atoms with Crippen molar-refractivity contribution in [3.05, 3.63) is 30.1 Å². The van der Waals surface area contributed by atoms with Crippen molar-refractivity contribution < 1.29 is 0 Å². The summed E-state index contributed by atoms with van der Waals surface area (Å²) in [5, 5.41) is 7.59.